The third kappa shape index (κ3) is 3.84. The molecule has 4 heterocycles. The maximum atomic E-state index is 13.2. The molecule has 5 rings (SSSR count). The van der Waals surface area contributed by atoms with E-state index in [-0.39, 0.29) is 23.6 Å². The zero-order valence-corrected chi connectivity index (χ0v) is 19.0. The Kier molecular flexibility index (Phi) is 5.33. The monoisotopic (exact) mass is 445 g/mol. The van der Waals surface area contributed by atoms with Gasteiger partial charge in [-0.1, -0.05) is 12.1 Å². The topological polar surface area (TPSA) is 97.1 Å². The molecule has 0 spiro atoms. The van der Waals surface area contributed by atoms with Gasteiger partial charge in [-0.3, -0.25) is 14.9 Å². The summed E-state index contributed by atoms with van der Waals surface area (Å²) in [6.45, 7) is 4.22. The molecule has 33 heavy (non-hydrogen) atoms. The van der Waals surface area contributed by atoms with Crippen molar-refractivity contribution >= 4 is 39.8 Å². The molecule has 170 valence electrons. The molecule has 9 nitrogen and oxygen atoms in total. The van der Waals surface area contributed by atoms with Gasteiger partial charge < -0.3 is 19.4 Å². The third-order valence-electron chi connectivity index (χ3n) is 6.02. The van der Waals surface area contributed by atoms with E-state index < -0.39 is 0 Å². The van der Waals surface area contributed by atoms with E-state index in [0.717, 1.165) is 35.9 Å². The summed E-state index contributed by atoms with van der Waals surface area (Å²) < 4.78 is 3.95. The second kappa shape index (κ2) is 8.32. The first-order valence-corrected chi connectivity index (χ1v) is 11.1. The molecule has 0 bridgehead atoms. The maximum absolute atomic E-state index is 13.2. The van der Waals surface area contributed by atoms with E-state index in [9.17, 15) is 9.59 Å². The Morgan fingerprint density at radius 2 is 2.03 bits per heavy atom. The van der Waals surface area contributed by atoms with Gasteiger partial charge in [0.15, 0.2) is 0 Å². The van der Waals surface area contributed by atoms with Crippen molar-refractivity contribution < 1.29 is 9.59 Å². The fraction of sp³-hybridized carbons (Fsp3) is 0.333. The first-order chi connectivity index (χ1) is 15.9. The van der Waals surface area contributed by atoms with Gasteiger partial charge in [-0.2, -0.15) is 0 Å². The molecule has 0 aliphatic carbocycles. The number of hydrogen-bond acceptors (Lipinski definition) is 5. The second-order valence-corrected chi connectivity index (χ2v) is 8.75. The summed E-state index contributed by atoms with van der Waals surface area (Å²) in [5.74, 6) is 0.0554. The SMILES string of the molecule is C[C@H]1CNC(=O)c2cc3ccc(C(=O)Nc4nc5ccccc5n4CCCN(C)C)nc3n21. The van der Waals surface area contributed by atoms with Crippen LogP contribution in [-0.4, -0.2) is 63.0 Å². The van der Waals surface area contributed by atoms with Gasteiger partial charge in [-0.25, -0.2) is 9.97 Å². The molecule has 2 amide bonds. The van der Waals surface area contributed by atoms with E-state index in [1.807, 2.05) is 66.6 Å². The number of para-hydroxylation sites is 2. The minimum atomic E-state index is -0.329. The van der Waals surface area contributed by atoms with E-state index in [1.165, 1.54) is 0 Å². The molecule has 4 aromatic rings. The number of aromatic nitrogens is 4. The van der Waals surface area contributed by atoms with Gasteiger partial charge in [0.25, 0.3) is 11.8 Å². The number of nitrogens with one attached hydrogen (secondary N) is 2. The molecule has 2 N–H and O–H groups in total. The van der Waals surface area contributed by atoms with Gasteiger partial charge in [-0.15, -0.1) is 0 Å². The van der Waals surface area contributed by atoms with E-state index in [0.29, 0.717) is 23.8 Å². The van der Waals surface area contributed by atoms with Crippen LogP contribution >= 0.6 is 0 Å². The molecule has 1 aliphatic rings. The predicted molar refractivity (Wildman–Crippen MR) is 128 cm³/mol. The lowest BCUT2D eigenvalue weighted by Crippen LogP contribution is -2.37. The number of aryl methyl sites for hydroxylation is 1. The van der Waals surface area contributed by atoms with Gasteiger partial charge in [0.2, 0.25) is 5.95 Å². The zero-order valence-electron chi connectivity index (χ0n) is 19.0. The van der Waals surface area contributed by atoms with Crippen LogP contribution < -0.4 is 10.6 Å². The van der Waals surface area contributed by atoms with Crippen molar-refractivity contribution in [3.63, 3.8) is 0 Å². The molecular weight excluding hydrogens is 418 g/mol. The third-order valence-corrected chi connectivity index (χ3v) is 6.02. The lowest BCUT2D eigenvalue weighted by molar-refractivity contribution is 0.0918. The molecular formula is C24H27N7O2. The van der Waals surface area contributed by atoms with Crippen LogP contribution in [0.2, 0.25) is 0 Å². The number of fused-ring (bicyclic) bond motifs is 4. The Hall–Kier alpha value is -3.72. The Balaban J connectivity index is 1.47. The first kappa shape index (κ1) is 21.1. The molecule has 0 saturated heterocycles. The lowest BCUT2D eigenvalue weighted by Gasteiger charge is -2.23. The van der Waals surface area contributed by atoms with Crippen LogP contribution in [0.5, 0.6) is 0 Å². The standard InChI is InChI=1S/C24H27N7O2/c1-15-14-25-23(33)20-13-16-9-10-18(26-21(16)31(15)20)22(32)28-24-27-17-7-4-5-8-19(17)30(24)12-6-11-29(2)3/h4-5,7-10,13,15H,6,11-12,14H2,1-3H3,(H,25,33)(H,27,28,32)/t15-/m0/s1. The van der Waals surface area contributed by atoms with E-state index >= 15 is 0 Å². The van der Waals surface area contributed by atoms with Crippen molar-refractivity contribution in [1.82, 2.24) is 29.3 Å². The molecule has 1 aliphatic heterocycles. The summed E-state index contributed by atoms with van der Waals surface area (Å²) in [7, 11) is 4.09. The van der Waals surface area contributed by atoms with Crippen LogP contribution in [0, 0.1) is 0 Å². The molecule has 1 atom stereocenters. The Morgan fingerprint density at radius 1 is 1.21 bits per heavy atom. The quantitative estimate of drug-likeness (QED) is 0.476. The maximum Gasteiger partial charge on any atom is 0.276 e. The normalized spacial score (nSPS) is 15.8. The molecule has 0 unspecified atom stereocenters. The summed E-state index contributed by atoms with van der Waals surface area (Å²) in [5.41, 5.74) is 3.31. The fourth-order valence-corrected chi connectivity index (χ4v) is 4.37. The number of benzene rings is 1. The molecule has 1 aromatic carbocycles. The molecule has 3 aromatic heterocycles. The summed E-state index contributed by atoms with van der Waals surface area (Å²) in [4.78, 5) is 36.9. The lowest BCUT2D eigenvalue weighted by atomic mass is 10.2. The zero-order chi connectivity index (χ0) is 23.1. The Morgan fingerprint density at radius 3 is 2.85 bits per heavy atom. The van der Waals surface area contributed by atoms with Crippen LogP contribution in [0.4, 0.5) is 5.95 Å². The number of hydrogen-bond donors (Lipinski definition) is 2. The van der Waals surface area contributed by atoms with Crippen molar-refractivity contribution in [2.24, 2.45) is 0 Å². The molecule has 0 fully saturated rings. The van der Waals surface area contributed by atoms with Crippen molar-refractivity contribution in [3.8, 4) is 0 Å². The average molecular weight is 446 g/mol. The number of amides is 2. The van der Waals surface area contributed by atoms with Crippen LogP contribution in [0.25, 0.3) is 22.1 Å². The predicted octanol–water partition coefficient (Wildman–Crippen LogP) is 2.89. The molecule has 0 saturated carbocycles. The van der Waals surface area contributed by atoms with Crippen molar-refractivity contribution in [1.29, 1.82) is 0 Å². The number of carbonyl (C=O) groups is 2. The van der Waals surface area contributed by atoms with E-state index in [4.69, 9.17) is 0 Å². The van der Waals surface area contributed by atoms with Gasteiger partial charge in [0, 0.05) is 18.5 Å². The number of rotatable bonds is 6. The van der Waals surface area contributed by atoms with Crippen molar-refractivity contribution in [2.45, 2.75) is 25.9 Å². The minimum Gasteiger partial charge on any atom is -0.349 e. The highest BCUT2D eigenvalue weighted by molar-refractivity contribution is 6.05. The number of anilines is 1. The second-order valence-electron chi connectivity index (χ2n) is 8.75. The summed E-state index contributed by atoms with van der Waals surface area (Å²) >= 11 is 0. The summed E-state index contributed by atoms with van der Waals surface area (Å²) in [5, 5.41) is 6.67. The fourth-order valence-electron chi connectivity index (χ4n) is 4.37. The van der Waals surface area contributed by atoms with Crippen LogP contribution in [0.15, 0.2) is 42.5 Å². The van der Waals surface area contributed by atoms with Crippen LogP contribution in [-0.2, 0) is 6.54 Å². The Bertz CT molecular complexity index is 1370. The smallest absolute Gasteiger partial charge is 0.276 e. The highest BCUT2D eigenvalue weighted by Crippen LogP contribution is 2.26. The summed E-state index contributed by atoms with van der Waals surface area (Å²) in [6, 6.07) is 13.3. The minimum absolute atomic E-state index is 0.0573. The Labute approximate surface area is 191 Å². The van der Waals surface area contributed by atoms with Gasteiger partial charge in [0.05, 0.1) is 17.1 Å². The van der Waals surface area contributed by atoms with E-state index in [1.54, 1.807) is 6.07 Å². The number of nitrogens with zero attached hydrogens (tertiary/aromatic N) is 5. The number of carbonyl (C=O) groups excluding carboxylic acids is 2. The van der Waals surface area contributed by atoms with Gasteiger partial charge in [-0.05, 0) is 64.3 Å². The van der Waals surface area contributed by atoms with Crippen LogP contribution in [0.1, 0.15) is 40.4 Å². The summed E-state index contributed by atoms with van der Waals surface area (Å²) in [6.07, 6.45) is 0.927. The molecule has 0 radical (unpaired) electrons. The largest absolute Gasteiger partial charge is 0.349 e. The van der Waals surface area contributed by atoms with Crippen molar-refractivity contribution in [3.05, 3.63) is 53.9 Å². The molecule has 9 heteroatoms. The van der Waals surface area contributed by atoms with E-state index in [2.05, 4.69) is 25.5 Å². The highest BCUT2D eigenvalue weighted by atomic mass is 16.2. The number of imidazole rings is 1. The van der Waals surface area contributed by atoms with Gasteiger partial charge >= 0.3 is 0 Å². The number of pyridine rings is 1. The van der Waals surface area contributed by atoms with Gasteiger partial charge in [0.1, 0.15) is 17.0 Å². The average Bonchev–Trinajstić information content (AvgIpc) is 3.35. The first-order valence-electron chi connectivity index (χ1n) is 11.1. The van der Waals surface area contributed by atoms with Crippen LogP contribution in [0.3, 0.4) is 0 Å². The van der Waals surface area contributed by atoms with Crippen molar-refractivity contribution in [2.75, 3.05) is 32.5 Å². The highest BCUT2D eigenvalue weighted by Gasteiger charge is 2.26.